The van der Waals surface area contributed by atoms with Crippen LogP contribution in [-0.2, 0) is 6.61 Å². The third kappa shape index (κ3) is 4.04. The number of anilines is 2. The maximum Gasteiger partial charge on any atom is 0.268 e. The van der Waals surface area contributed by atoms with Crippen LogP contribution in [0.25, 0.3) is 0 Å². The Morgan fingerprint density at radius 3 is 2.24 bits per heavy atom. The first-order valence-corrected chi connectivity index (χ1v) is 10.8. The van der Waals surface area contributed by atoms with E-state index in [1.165, 1.54) is 0 Å². The fourth-order valence-electron chi connectivity index (χ4n) is 3.86. The molecular formula is C28H20N2O4. The third-order valence-corrected chi connectivity index (χ3v) is 5.52. The van der Waals surface area contributed by atoms with Gasteiger partial charge in [-0.05, 0) is 48.0 Å². The molecule has 1 N–H and O–H groups in total. The first-order chi connectivity index (χ1) is 16.6. The number of nitrogens with one attached hydrogen (secondary N) is 1. The van der Waals surface area contributed by atoms with Crippen LogP contribution in [0.2, 0.25) is 0 Å². The number of amides is 3. The lowest BCUT2D eigenvalue weighted by atomic mass is 10.1. The van der Waals surface area contributed by atoms with Crippen molar-refractivity contribution in [1.29, 1.82) is 0 Å². The molecule has 0 saturated heterocycles. The van der Waals surface area contributed by atoms with Crippen LogP contribution >= 0.6 is 0 Å². The van der Waals surface area contributed by atoms with Crippen molar-refractivity contribution in [1.82, 2.24) is 0 Å². The van der Waals surface area contributed by atoms with E-state index in [9.17, 15) is 14.4 Å². The van der Waals surface area contributed by atoms with E-state index in [1.807, 2.05) is 36.4 Å². The van der Waals surface area contributed by atoms with Crippen LogP contribution in [0.15, 0.2) is 103 Å². The van der Waals surface area contributed by atoms with Gasteiger partial charge in [0.25, 0.3) is 17.7 Å². The standard InChI is InChI=1S/C28H20N2O4/c31-26(20-11-7-14-22(17-20)34-18-19-9-3-1-4-10-19)29-24-16-8-15-23-25(24)28(33)30(27(23)32)21-12-5-2-6-13-21/h1-17H,18H2,(H,29,31). The Bertz CT molecular complexity index is 1380. The fourth-order valence-corrected chi connectivity index (χ4v) is 3.86. The molecule has 1 aliphatic rings. The van der Waals surface area contributed by atoms with E-state index in [1.54, 1.807) is 66.7 Å². The molecule has 0 saturated carbocycles. The summed E-state index contributed by atoms with van der Waals surface area (Å²) in [5.74, 6) is -0.742. The summed E-state index contributed by atoms with van der Waals surface area (Å²) in [6.45, 7) is 0.379. The van der Waals surface area contributed by atoms with Crippen molar-refractivity contribution in [2.24, 2.45) is 0 Å². The minimum atomic E-state index is -0.470. The minimum Gasteiger partial charge on any atom is -0.489 e. The Morgan fingerprint density at radius 2 is 1.47 bits per heavy atom. The Labute approximate surface area is 196 Å². The van der Waals surface area contributed by atoms with Crippen LogP contribution in [0, 0.1) is 0 Å². The predicted molar refractivity (Wildman–Crippen MR) is 129 cm³/mol. The summed E-state index contributed by atoms with van der Waals surface area (Å²) in [6.07, 6.45) is 0. The normalized spacial score (nSPS) is 12.4. The van der Waals surface area contributed by atoms with Gasteiger partial charge in [-0.2, -0.15) is 0 Å². The number of ether oxygens (including phenoxy) is 1. The van der Waals surface area contributed by atoms with Crippen molar-refractivity contribution in [2.45, 2.75) is 6.61 Å². The maximum atomic E-state index is 13.2. The van der Waals surface area contributed by atoms with E-state index in [0.717, 1.165) is 10.5 Å². The summed E-state index contributed by atoms with van der Waals surface area (Å²) >= 11 is 0. The zero-order valence-corrected chi connectivity index (χ0v) is 18.1. The highest BCUT2D eigenvalue weighted by Crippen LogP contribution is 2.33. The second-order valence-corrected chi connectivity index (χ2v) is 7.77. The Kier molecular flexibility index (Phi) is 5.62. The van der Waals surface area contributed by atoms with Crippen LogP contribution in [0.3, 0.4) is 0 Å². The molecule has 166 valence electrons. The van der Waals surface area contributed by atoms with Crippen molar-refractivity contribution in [3.8, 4) is 5.75 Å². The van der Waals surface area contributed by atoms with Gasteiger partial charge in [-0.15, -0.1) is 0 Å². The van der Waals surface area contributed by atoms with E-state index >= 15 is 0 Å². The van der Waals surface area contributed by atoms with Gasteiger partial charge in [0.15, 0.2) is 0 Å². The first kappa shape index (κ1) is 21.2. The lowest BCUT2D eigenvalue weighted by Crippen LogP contribution is -2.29. The molecule has 6 nitrogen and oxygen atoms in total. The summed E-state index contributed by atoms with van der Waals surface area (Å²) in [4.78, 5) is 40.2. The van der Waals surface area contributed by atoms with E-state index in [4.69, 9.17) is 4.74 Å². The molecule has 0 spiro atoms. The number of hydrogen-bond donors (Lipinski definition) is 1. The van der Waals surface area contributed by atoms with E-state index in [-0.39, 0.29) is 16.8 Å². The number of nitrogens with zero attached hydrogens (tertiary/aromatic N) is 1. The molecule has 0 fully saturated rings. The van der Waals surface area contributed by atoms with Crippen LogP contribution in [0.1, 0.15) is 36.6 Å². The second-order valence-electron chi connectivity index (χ2n) is 7.77. The lowest BCUT2D eigenvalue weighted by molar-refractivity contribution is 0.0926. The second kappa shape index (κ2) is 9.03. The van der Waals surface area contributed by atoms with Gasteiger partial charge in [0.2, 0.25) is 0 Å². The maximum absolute atomic E-state index is 13.2. The molecule has 0 bridgehead atoms. The lowest BCUT2D eigenvalue weighted by Gasteiger charge is -2.14. The van der Waals surface area contributed by atoms with Crippen molar-refractivity contribution >= 4 is 29.1 Å². The zero-order chi connectivity index (χ0) is 23.5. The average Bonchev–Trinajstić information content (AvgIpc) is 3.14. The molecule has 0 unspecified atom stereocenters. The number of imide groups is 1. The highest BCUT2D eigenvalue weighted by molar-refractivity contribution is 6.36. The predicted octanol–water partition coefficient (Wildman–Crippen LogP) is 5.32. The molecule has 0 aromatic heterocycles. The molecule has 4 aromatic carbocycles. The first-order valence-electron chi connectivity index (χ1n) is 10.8. The number of benzene rings is 4. The molecule has 5 rings (SSSR count). The van der Waals surface area contributed by atoms with Gasteiger partial charge >= 0.3 is 0 Å². The summed E-state index contributed by atoms with van der Waals surface area (Å²) in [6, 6.07) is 30.1. The van der Waals surface area contributed by atoms with Gasteiger partial charge in [0, 0.05) is 5.56 Å². The number of rotatable bonds is 6. The number of hydrogen-bond acceptors (Lipinski definition) is 4. The highest BCUT2D eigenvalue weighted by Gasteiger charge is 2.38. The highest BCUT2D eigenvalue weighted by atomic mass is 16.5. The SMILES string of the molecule is O=C(Nc1cccc2c1C(=O)N(c1ccccc1)C2=O)c1cccc(OCc2ccccc2)c1. The van der Waals surface area contributed by atoms with Crippen LogP contribution in [0.5, 0.6) is 5.75 Å². The molecular weight excluding hydrogens is 428 g/mol. The average molecular weight is 448 g/mol. The van der Waals surface area contributed by atoms with Crippen molar-refractivity contribution < 1.29 is 19.1 Å². The van der Waals surface area contributed by atoms with Crippen LogP contribution < -0.4 is 15.0 Å². The molecule has 6 heteroatoms. The summed E-state index contributed by atoms with van der Waals surface area (Å²) < 4.78 is 5.82. The number of carbonyl (C=O) groups excluding carboxylic acids is 3. The minimum absolute atomic E-state index is 0.182. The van der Waals surface area contributed by atoms with E-state index in [2.05, 4.69) is 5.32 Å². The summed E-state index contributed by atoms with van der Waals surface area (Å²) in [5.41, 5.74) is 2.60. The van der Waals surface area contributed by atoms with E-state index < -0.39 is 17.7 Å². The molecule has 1 heterocycles. The molecule has 0 radical (unpaired) electrons. The van der Waals surface area contributed by atoms with Crippen LogP contribution in [-0.4, -0.2) is 17.7 Å². The third-order valence-electron chi connectivity index (χ3n) is 5.52. The number of carbonyl (C=O) groups is 3. The Hall–Kier alpha value is -4.71. The number of para-hydroxylation sites is 1. The van der Waals surface area contributed by atoms with Crippen molar-refractivity contribution in [2.75, 3.05) is 10.2 Å². The van der Waals surface area contributed by atoms with E-state index in [0.29, 0.717) is 23.6 Å². The van der Waals surface area contributed by atoms with Crippen molar-refractivity contribution in [3.05, 3.63) is 125 Å². The topological polar surface area (TPSA) is 75.7 Å². The molecule has 4 aromatic rings. The largest absolute Gasteiger partial charge is 0.489 e. The Morgan fingerprint density at radius 1 is 0.765 bits per heavy atom. The molecule has 34 heavy (non-hydrogen) atoms. The molecule has 1 aliphatic heterocycles. The van der Waals surface area contributed by atoms with Gasteiger partial charge in [0.1, 0.15) is 12.4 Å². The number of fused-ring (bicyclic) bond motifs is 1. The molecule has 0 aliphatic carbocycles. The van der Waals surface area contributed by atoms with Crippen LogP contribution in [0.4, 0.5) is 11.4 Å². The molecule has 3 amide bonds. The van der Waals surface area contributed by atoms with Gasteiger partial charge < -0.3 is 10.1 Å². The van der Waals surface area contributed by atoms with Gasteiger partial charge in [-0.25, -0.2) is 4.90 Å². The smallest absolute Gasteiger partial charge is 0.268 e. The summed E-state index contributed by atoms with van der Waals surface area (Å²) in [7, 11) is 0. The van der Waals surface area contributed by atoms with Crippen molar-refractivity contribution in [3.63, 3.8) is 0 Å². The summed E-state index contributed by atoms with van der Waals surface area (Å²) in [5, 5.41) is 2.79. The monoisotopic (exact) mass is 448 g/mol. The van der Waals surface area contributed by atoms with Gasteiger partial charge in [-0.3, -0.25) is 14.4 Å². The zero-order valence-electron chi connectivity index (χ0n) is 18.1. The van der Waals surface area contributed by atoms with Gasteiger partial charge in [0.05, 0.1) is 22.5 Å². The van der Waals surface area contributed by atoms with Gasteiger partial charge in [-0.1, -0.05) is 60.7 Å². The fraction of sp³-hybridized carbons (Fsp3) is 0.0357. The molecule has 0 atom stereocenters. The quantitative estimate of drug-likeness (QED) is 0.405. The Balaban J connectivity index is 1.36.